The second-order valence-electron chi connectivity index (χ2n) is 3.22. The van der Waals surface area contributed by atoms with Crippen LogP contribution < -0.4 is 11.1 Å². The highest BCUT2D eigenvalue weighted by atomic mass is 32.1. The third-order valence-corrected chi connectivity index (χ3v) is 2.04. The lowest BCUT2D eigenvalue weighted by molar-refractivity contribution is -0.121. The van der Waals surface area contributed by atoms with E-state index in [2.05, 4.69) is 10.2 Å². The van der Waals surface area contributed by atoms with Crippen molar-refractivity contribution in [2.75, 3.05) is 26.7 Å². The van der Waals surface area contributed by atoms with Gasteiger partial charge in [-0.3, -0.25) is 4.79 Å². The molecule has 0 saturated heterocycles. The van der Waals surface area contributed by atoms with E-state index in [1.807, 2.05) is 14.0 Å². The SMILES string of the molecule is CCNC(=O)CCN(C)CCC(N)=S. The molecule has 0 aliphatic rings. The van der Waals surface area contributed by atoms with E-state index >= 15 is 0 Å². The first-order valence-corrected chi connectivity index (χ1v) is 5.20. The Bertz CT molecular complexity index is 196. The summed E-state index contributed by atoms with van der Waals surface area (Å²) in [6.07, 6.45) is 1.24. The molecule has 0 fully saturated rings. The fraction of sp³-hybridized carbons (Fsp3) is 0.778. The van der Waals surface area contributed by atoms with Crippen LogP contribution in [0.25, 0.3) is 0 Å². The van der Waals surface area contributed by atoms with Crippen LogP contribution in [0.2, 0.25) is 0 Å². The normalized spacial score (nSPS) is 10.2. The fourth-order valence-corrected chi connectivity index (χ4v) is 1.08. The molecule has 0 unspecified atom stereocenters. The molecule has 4 nitrogen and oxygen atoms in total. The van der Waals surface area contributed by atoms with E-state index in [1.54, 1.807) is 0 Å². The second kappa shape index (κ2) is 7.70. The van der Waals surface area contributed by atoms with Gasteiger partial charge in [0.1, 0.15) is 0 Å². The molecule has 0 heterocycles. The van der Waals surface area contributed by atoms with Crippen molar-refractivity contribution in [2.45, 2.75) is 19.8 Å². The average molecular weight is 217 g/mol. The Balaban J connectivity index is 3.48. The van der Waals surface area contributed by atoms with Gasteiger partial charge in [-0.15, -0.1) is 0 Å². The maximum Gasteiger partial charge on any atom is 0.221 e. The second-order valence-corrected chi connectivity index (χ2v) is 3.75. The Hall–Kier alpha value is -0.680. The van der Waals surface area contributed by atoms with Crippen molar-refractivity contribution in [2.24, 2.45) is 5.73 Å². The quantitative estimate of drug-likeness (QED) is 0.595. The molecule has 0 aromatic rings. The minimum absolute atomic E-state index is 0.0923. The van der Waals surface area contributed by atoms with Crippen molar-refractivity contribution in [3.63, 3.8) is 0 Å². The molecule has 0 aliphatic heterocycles. The largest absolute Gasteiger partial charge is 0.393 e. The first-order chi connectivity index (χ1) is 6.56. The molecule has 0 bridgehead atoms. The number of hydrogen-bond donors (Lipinski definition) is 2. The lowest BCUT2D eigenvalue weighted by Gasteiger charge is -2.15. The molecule has 0 rings (SSSR count). The van der Waals surface area contributed by atoms with Crippen LogP contribution in [-0.4, -0.2) is 42.5 Å². The molecule has 3 N–H and O–H groups in total. The van der Waals surface area contributed by atoms with Crippen LogP contribution >= 0.6 is 12.2 Å². The first kappa shape index (κ1) is 13.3. The minimum Gasteiger partial charge on any atom is -0.393 e. The van der Waals surface area contributed by atoms with Crippen molar-refractivity contribution in [3.05, 3.63) is 0 Å². The maximum absolute atomic E-state index is 11.1. The molecule has 0 radical (unpaired) electrons. The summed E-state index contributed by atoms with van der Waals surface area (Å²) in [6.45, 7) is 4.16. The zero-order valence-electron chi connectivity index (χ0n) is 8.88. The molecule has 14 heavy (non-hydrogen) atoms. The fourth-order valence-electron chi connectivity index (χ4n) is 0.991. The number of nitrogens with zero attached hydrogens (tertiary/aromatic N) is 1. The molecule has 0 spiro atoms. The van der Waals surface area contributed by atoms with Crippen LogP contribution in [0.15, 0.2) is 0 Å². The van der Waals surface area contributed by atoms with Crippen LogP contribution in [0.3, 0.4) is 0 Å². The Morgan fingerprint density at radius 3 is 2.50 bits per heavy atom. The molecule has 0 aliphatic carbocycles. The molecule has 0 aromatic carbocycles. The standard InChI is InChI=1S/C9H19N3OS/c1-3-11-9(13)5-7-12(2)6-4-8(10)14/h3-7H2,1-2H3,(H2,10,14)(H,11,13). The number of carbonyl (C=O) groups is 1. The summed E-state index contributed by atoms with van der Waals surface area (Å²) in [5.74, 6) is 0.0923. The first-order valence-electron chi connectivity index (χ1n) is 4.79. The van der Waals surface area contributed by atoms with Gasteiger partial charge in [0.15, 0.2) is 0 Å². The monoisotopic (exact) mass is 217 g/mol. The molecule has 0 atom stereocenters. The molecule has 0 aromatic heterocycles. The van der Waals surface area contributed by atoms with Crippen molar-refractivity contribution < 1.29 is 4.79 Å². The van der Waals surface area contributed by atoms with E-state index in [1.165, 1.54) is 0 Å². The Morgan fingerprint density at radius 1 is 1.43 bits per heavy atom. The predicted octanol–water partition coefficient (Wildman–Crippen LogP) is 0.121. The van der Waals surface area contributed by atoms with Gasteiger partial charge in [0.25, 0.3) is 0 Å². The summed E-state index contributed by atoms with van der Waals surface area (Å²) >= 11 is 4.76. The van der Waals surface area contributed by atoms with E-state index in [9.17, 15) is 4.79 Å². The van der Waals surface area contributed by atoms with Gasteiger partial charge >= 0.3 is 0 Å². The van der Waals surface area contributed by atoms with E-state index in [4.69, 9.17) is 18.0 Å². The zero-order valence-corrected chi connectivity index (χ0v) is 9.69. The Kier molecular flexibility index (Phi) is 7.32. The maximum atomic E-state index is 11.1. The number of rotatable bonds is 7. The van der Waals surface area contributed by atoms with Crippen molar-refractivity contribution in [3.8, 4) is 0 Å². The van der Waals surface area contributed by atoms with Crippen molar-refractivity contribution in [1.29, 1.82) is 0 Å². The number of carbonyl (C=O) groups excluding carboxylic acids is 1. The number of hydrogen-bond acceptors (Lipinski definition) is 3. The average Bonchev–Trinajstić information content (AvgIpc) is 2.12. The van der Waals surface area contributed by atoms with Crippen molar-refractivity contribution >= 4 is 23.1 Å². The van der Waals surface area contributed by atoms with Gasteiger partial charge < -0.3 is 16.0 Å². The highest BCUT2D eigenvalue weighted by Gasteiger charge is 2.03. The van der Waals surface area contributed by atoms with E-state index in [0.717, 1.165) is 13.1 Å². The summed E-state index contributed by atoms with van der Waals surface area (Å²) in [5.41, 5.74) is 5.37. The van der Waals surface area contributed by atoms with Crippen molar-refractivity contribution in [1.82, 2.24) is 10.2 Å². The topological polar surface area (TPSA) is 58.4 Å². The van der Waals surface area contributed by atoms with Crippen LogP contribution in [0, 0.1) is 0 Å². The zero-order chi connectivity index (χ0) is 11.0. The number of nitrogens with one attached hydrogen (secondary N) is 1. The summed E-state index contributed by atoms with van der Waals surface area (Å²) in [5, 5.41) is 2.75. The summed E-state index contributed by atoms with van der Waals surface area (Å²) in [7, 11) is 1.96. The van der Waals surface area contributed by atoms with Gasteiger partial charge in [0.05, 0.1) is 4.99 Å². The summed E-state index contributed by atoms with van der Waals surface area (Å²) in [6, 6.07) is 0. The summed E-state index contributed by atoms with van der Waals surface area (Å²) < 4.78 is 0. The molecular weight excluding hydrogens is 198 g/mol. The molecule has 82 valence electrons. The van der Waals surface area contributed by atoms with E-state index in [-0.39, 0.29) is 5.91 Å². The van der Waals surface area contributed by atoms with Gasteiger partial charge in [0, 0.05) is 32.5 Å². The smallest absolute Gasteiger partial charge is 0.221 e. The predicted molar refractivity (Wildman–Crippen MR) is 62.2 cm³/mol. The number of nitrogens with two attached hydrogens (primary N) is 1. The number of thiocarbonyl (C=S) groups is 1. The highest BCUT2D eigenvalue weighted by molar-refractivity contribution is 7.80. The Morgan fingerprint density at radius 2 is 2.00 bits per heavy atom. The van der Waals surface area contributed by atoms with Gasteiger partial charge in [-0.25, -0.2) is 0 Å². The third kappa shape index (κ3) is 7.94. The van der Waals surface area contributed by atoms with Crippen LogP contribution in [0.4, 0.5) is 0 Å². The van der Waals surface area contributed by atoms with Crippen LogP contribution in [-0.2, 0) is 4.79 Å². The lowest BCUT2D eigenvalue weighted by atomic mass is 10.3. The lowest BCUT2D eigenvalue weighted by Crippen LogP contribution is -2.30. The molecule has 5 heteroatoms. The number of amides is 1. The van der Waals surface area contributed by atoms with Gasteiger partial charge in [-0.05, 0) is 14.0 Å². The van der Waals surface area contributed by atoms with Gasteiger partial charge in [-0.2, -0.15) is 0 Å². The van der Waals surface area contributed by atoms with Gasteiger partial charge in [0.2, 0.25) is 5.91 Å². The van der Waals surface area contributed by atoms with E-state index < -0.39 is 0 Å². The Labute approximate surface area is 90.8 Å². The third-order valence-electron chi connectivity index (χ3n) is 1.83. The highest BCUT2D eigenvalue weighted by Crippen LogP contribution is 1.90. The molecule has 0 saturated carbocycles. The van der Waals surface area contributed by atoms with Gasteiger partial charge in [-0.1, -0.05) is 12.2 Å². The van der Waals surface area contributed by atoms with E-state index in [0.29, 0.717) is 24.4 Å². The molecule has 1 amide bonds. The van der Waals surface area contributed by atoms with Crippen LogP contribution in [0.1, 0.15) is 19.8 Å². The van der Waals surface area contributed by atoms with Crippen LogP contribution in [0.5, 0.6) is 0 Å². The molecular formula is C9H19N3OS. The minimum atomic E-state index is 0.0923. The summed E-state index contributed by atoms with van der Waals surface area (Å²) in [4.78, 5) is 13.7.